The normalized spacial score (nSPS) is 16.3. The summed E-state index contributed by atoms with van der Waals surface area (Å²) in [6, 6.07) is 20.2. The molecule has 1 heterocycles. The fourth-order valence-corrected chi connectivity index (χ4v) is 4.47. The van der Waals surface area contributed by atoms with E-state index in [9.17, 15) is 24.5 Å². The molecule has 0 spiro atoms. The SMILES string of the molecule is CC(C)c1ccc(N2C(=O)CC(N(C(=O)c3ccc([N+](=O)[O-])cc3)C(C)c3ccccc3)C2=O)cc1. The molecule has 184 valence electrons. The molecule has 2 unspecified atom stereocenters. The van der Waals surface area contributed by atoms with Crippen molar-refractivity contribution in [3.8, 4) is 0 Å². The van der Waals surface area contributed by atoms with E-state index in [0.717, 1.165) is 16.0 Å². The van der Waals surface area contributed by atoms with Crippen molar-refractivity contribution < 1.29 is 19.3 Å². The Morgan fingerprint density at radius 2 is 1.53 bits per heavy atom. The molecule has 2 atom stereocenters. The number of carbonyl (C=O) groups is 3. The number of hydrogen-bond acceptors (Lipinski definition) is 5. The Kier molecular flexibility index (Phi) is 6.96. The summed E-state index contributed by atoms with van der Waals surface area (Å²) in [7, 11) is 0. The van der Waals surface area contributed by atoms with Crippen LogP contribution >= 0.6 is 0 Å². The second kappa shape index (κ2) is 10.1. The number of benzene rings is 3. The number of nitro benzene ring substituents is 1. The number of hydrogen-bond donors (Lipinski definition) is 0. The van der Waals surface area contributed by atoms with Crippen LogP contribution in [0, 0.1) is 10.1 Å². The molecule has 1 fully saturated rings. The molecule has 3 amide bonds. The summed E-state index contributed by atoms with van der Waals surface area (Å²) < 4.78 is 0. The van der Waals surface area contributed by atoms with Crippen LogP contribution in [0.1, 0.15) is 60.6 Å². The van der Waals surface area contributed by atoms with E-state index in [1.165, 1.54) is 29.2 Å². The van der Waals surface area contributed by atoms with E-state index < -0.39 is 28.8 Å². The molecule has 0 aliphatic carbocycles. The van der Waals surface area contributed by atoms with Gasteiger partial charge in [-0.2, -0.15) is 0 Å². The van der Waals surface area contributed by atoms with Gasteiger partial charge < -0.3 is 4.90 Å². The number of nitro groups is 1. The first-order chi connectivity index (χ1) is 17.2. The monoisotopic (exact) mass is 485 g/mol. The highest BCUT2D eigenvalue weighted by molar-refractivity contribution is 6.23. The van der Waals surface area contributed by atoms with Gasteiger partial charge in [-0.1, -0.05) is 56.3 Å². The van der Waals surface area contributed by atoms with Gasteiger partial charge in [-0.3, -0.25) is 24.5 Å². The summed E-state index contributed by atoms with van der Waals surface area (Å²) in [5, 5.41) is 11.0. The first-order valence-electron chi connectivity index (χ1n) is 11.8. The van der Waals surface area contributed by atoms with Crippen molar-refractivity contribution in [1.29, 1.82) is 0 Å². The van der Waals surface area contributed by atoms with Gasteiger partial charge in [0, 0.05) is 17.7 Å². The Bertz CT molecular complexity index is 1290. The lowest BCUT2D eigenvalue weighted by molar-refractivity contribution is -0.384. The molecular weight excluding hydrogens is 458 g/mol. The van der Waals surface area contributed by atoms with Crippen LogP contribution in [-0.2, 0) is 9.59 Å². The number of imide groups is 1. The molecule has 0 bridgehead atoms. The maximum absolute atomic E-state index is 13.7. The Labute approximate surface area is 209 Å². The maximum atomic E-state index is 13.7. The van der Waals surface area contributed by atoms with Crippen molar-refractivity contribution in [2.75, 3.05) is 4.90 Å². The van der Waals surface area contributed by atoms with Gasteiger partial charge in [0.2, 0.25) is 5.91 Å². The molecule has 0 saturated carbocycles. The van der Waals surface area contributed by atoms with E-state index in [4.69, 9.17) is 0 Å². The zero-order valence-corrected chi connectivity index (χ0v) is 20.3. The third-order valence-corrected chi connectivity index (χ3v) is 6.54. The highest BCUT2D eigenvalue weighted by Crippen LogP contribution is 2.33. The van der Waals surface area contributed by atoms with Crippen LogP contribution in [0.25, 0.3) is 0 Å². The Balaban J connectivity index is 1.70. The molecule has 0 N–H and O–H groups in total. The molecule has 3 aromatic rings. The van der Waals surface area contributed by atoms with Gasteiger partial charge in [-0.05, 0) is 48.2 Å². The number of non-ortho nitro benzene ring substituents is 1. The second-order valence-corrected chi connectivity index (χ2v) is 9.14. The highest BCUT2D eigenvalue weighted by Gasteiger charge is 2.46. The summed E-state index contributed by atoms with van der Waals surface area (Å²) in [6.07, 6.45) is -0.152. The molecule has 1 saturated heterocycles. The van der Waals surface area contributed by atoms with Gasteiger partial charge >= 0.3 is 0 Å². The fourth-order valence-electron chi connectivity index (χ4n) is 4.47. The van der Waals surface area contributed by atoms with Crippen molar-refractivity contribution in [3.63, 3.8) is 0 Å². The quantitative estimate of drug-likeness (QED) is 0.258. The summed E-state index contributed by atoms with van der Waals surface area (Å²) >= 11 is 0. The predicted octanol–water partition coefficient (Wildman–Crippen LogP) is 5.25. The lowest BCUT2D eigenvalue weighted by Crippen LogP contribution is -2.46. The average molecular weight is 486 g/mol. The zero-order chi connectivity index (χ0) is 26.0. The summed E-state index contributed by atoms with van der Waals surface area (Å²) in [4.78, 5) is 53.4. The minimum Gasteiger partial charge on any atom is -0.319 e. The van der Waals surface area contributed by atoms with Gasteiger partial charge in [0.25, 0.3) is 17.5 Å². The van der Waals surface area contributed by atoms with E-state index >= 15 is 0 Å². The van der Waals surface area contributed by atoms with Gasteiger partial charge in [0.05, 0.1) is 23.1 Å². The minimum absolute atomic E-state index is 0.141. The molecule has 3 aromatic carbocycles. The van der Waals surface area contributed by atoms with Crippen LogP contribution in [0.15, 0.2) is 78.9 Å². The van der Waals surface area contributed by atoms with Gasteiger partial charge in [0.1, 0.15) is 6.04 Å². The second-order valence-electron chi connectivity index (χ2n) is 9.14. The molecule has 1 aliphatic heterocycles. The fraction of sp³-hybridized carbons (Fsp3) is 0.250. The highest BCUT2D eigenvalue weighted by atomic mass is 16.6. The number of amides is 3. The molecule has 8 heteroatoms. The van der Waals surface area contributed by atoms with E-state index in [1.54, 1.807) is 19.1 Å². The van der Waals surface area contributed by atoms with Crippen LogP contribution in [0.4, 0.5) is 11.4 Å². The van der Waals surface area contributed by atoms with Gasteiger partial charge in [-0.25, -0.2) is 4.90 Å². The van der Waals surface area contributed by atoms with Crippen molar-refractivity contribution in [2.24, 2.45) is 0 Å². The summed E-state index contributed by atoms with van der Waals surface area (Å²) in [5.74, 6) is -1.04. The molecule has 8 nitrogen and oxygen atoms in total. The Morgan fingerprint density at radius 3 is 2.08 bits per heavy atom. The van der Waals surface area contributed by atoms with Crippen molar-refractivity contribution in [2.45, 2.75) is 45.2 Å². The Hall–Kier alpha value is -4.33. The third kappa shape index (κ3) is 4.75. The molecule has 1 aliphatic rings. The topological polar surface area (TPSA) is 101 Å². The van der Waals surface area contributed by atoms with Crippen molar-refractivity contribution in [1.82, 2.24) is 4.90 Å². The zero-order valence-electron chi connectivity index (χ0n) is 20.3. The van der Waals surface area contributed by atoms with E-state index in [-0.39, 0.29) is 23.6 Å². The largest absolute Gasteiger partial charge is 0.319 e. The van der Waals surface area contributed by atoms with Gasteiger partial charge in [-0.15, -0.1) is 0 Å². The summed E-state index contributed by atoms with van der Waals surface area (Å²) in [5.41, 5.74) is 2.41. The van der Waals surface area contributed by atoms with Crippen molar-refractivity contribution in [3.05, 3.63) is 106 Å². The molecule has 0 aromatic heterocycles. The van der Waals surface area contributed by atoms with Crippen molar-refractivity contribution >= 4 is 29.1 Å². The number of carbonyl (C=O) groups excluding carboxylic acids is 3. The first-order valence-corrected chi connectivity index (χ1v) is 11.8. The number of nitrogens with zero attached hydrogens (tertiary/aromatic N) is 3. The minimum atomic E-state index is -1.01. The standard InChI is InChI=1S/C28H27N3O5/c1-18(2)20-9-13-23(14-10-20)30-26(32)17-25(28(30)34)29(19(3)21-7-5-4-6-8-21)27(33)22-11-15-24(16-12-22)31(35)36/h4-16,18-19,25H,17H2,1-3H3. The predicted molar refractivity (Wildman–Crippen MR) is 136 cm³/mol. The molecule has 0 radical (unpaired) electrons. The molecular formula is C28H27N3O5. The van der Waals surface area contributed by atoms with Crippen LogP contribution in [0.2, 0.25) is 0 Å². The van der Waals surface area contributed by atoms with Crippen LogP contribution in [0.3, 0.4) is 0 Å². The van der Waals surface area contributed by atoms with E-state index in [0.29, 0.717) is 11.6 Å². The third-order valence-electron chi connectivity index (χ3n) is 6.54. The number of rotatable bonds is 7. The summed E-state index contributed by atoms with van der Waals surface area (Å²) in [6.45, 7) is 5.92. The number of anilines is 1. The van der Waals surface area contributed by atoms with Gasteiger partial charge in [0.15, 0.2) is 0 Å². The maximum Gasteiger partial charge on any atom is 0.269 e. The van der Waals surface area contributed by atoms with Crippen LogP contribution in [-0.4, -0.2) is 33.6 Å². The molecule has 4 rings (SSSR count). The van der Waals surface area contributed by atoms with Crippen LogP contribution < -0.4 is 4.90 Å². The van der Waals surface area contributed by atoms with Crippen LogP contribution in [0.5, 0.6) is 0 Å². The van der Waals surface area contributed by atoms with E-state index in [2.05, 4.69) is 13.8 Å². The Morgan fingerprint density at radius 1 is 0.917 bits per heavy atom. The lowest BCUT2D eigenvalue weighted by atomic mass is 10.0. The van der Waals surface area contributed by atoms with E-state index in [1.807, 2.05) is 42.5 Å². The smallest absolute Gasteiger partial charge is 0.269 e. The first kappa shape index (κ1) is 24.8. The average Bonchev–Trinajstić information content (AvgIpc) is 3.17. The molecule has 36 heavy (non-hydrogen) atoms. The lowest BCUT2D eigenvalue weighted by Gasteiger charge is -2.33.